The Morgan fingerprint density at radius 1 is 1.65 bits per heavy atom. The summed E-state index contributed by atoms with van der Waals surface area (Å²) in [5.74, 6) is 1.44. The van der Waals surface area contributed by atoms with Crippen LogP contribution in [0.2, 0.25) is 0 Å². The molecule has 0 aliphatic heterocycles. The Labute approximate surface area is 107 Å². The SMILES string of the molecule is COC(C)CN(C)c1nc(C)ncc1C(N)=S. The molecule has 5 nitrogen and oxygen atoms in total. The molecule has 17 heavy (non-hydrogen) atoms. The zero-order valence-electron chi connectivity index (χ0n) is 10.6. The molecule has 1 heterocycles. The lowest BCUT2D eigenvalue weighted by atomic mass is 10.2. The second-order valence-electron chi connectivity index (χ2n) is 3.95. The summed E-state index contributed by atoms with van der Waals surface area (Å²) < 4.78 is 5.22. The van der Waals surface area contributed by atoms with E-state index in [9.17, 15) is 0 Å². The monoisotopic (exact) mass is 254 g/mol. The van der Waals surface area contributed by atoms with Crippen molar-refractivity contribution in [3.63, 3.8) is 0 Å². The van der Waals surface area contributed by atoms with Crippen molar-refractivity contribution >= 4 is 23.0 Å². The average molecular weight is 254 g/mol. The van der Waals surface area contributed by atoms with Gasteiger partial charge >= 0.3 is 0 Å². The van der Waals surface area contributed by atoms with Gasteiger partial charge in [0.05, 0.1) is 11.7 Å². The first-order valence-electron chi connectivity index (χ1n) is 5.33. The predicted octanol–water partition coefficient (Wildman–Crippen LogP) is 0.890. The van der Waals surface area contributed by atoms with Gasteiger partial charge in [0.1, 0.15) is 16.6 Å². The van der Waals surface area contributed by atoms with Crippen LogP contribution in [0.5, 0.6) is 0 Å². The van der Waals surface area contributed by atoms with E-state index in [0.29, 0.717) is 22.9 Å². The van der Waals surface area contributed by atoms with Crippen LogP contribution in [0.1, 0.15) is 18.3 Å². The van der Waals surface area contributed by atoms with Crippen molar-refractivity contribution in [2.45, 2.75) is 20.0 Å². The summed E-state index contributed by atoms with van der Waals surface area (Å²) in [4.78, 5) is 10.8. The number of nitrogens with zero attached hydrogens (tertiary/aromatic N) is 3. The van der Waals surface area contributed by atoms with Crippen LogP contribution in [0, 0.1) is 6.92 Å². The van der Waals surface area contributed by atoms with Crippen LogP contribution in [0.25, 0.3) is 0 Å². The Morgan fingerprint density at radius 3 is 2.82 bits per heavy atom. The highest BCUT2D eigenvalue weighted by atomic mass is 32.1. The third-order valence-corrected chi connectivity index (χ3v) is 2.67. The number of ether oxygens (including phenoxy) is 1. The van der Waals surface area contributed by atoms with Gasteiger partial charge in [0.2, 0.25) is 0 Å². The first kappa shape index (κ1) is 13.8. The lowest BCUT2D eigenvalue weighted by molar-refractivity contribution is 0.124. The zero-order valence-corrected chi connectivity index (χ0v) is 11.4. The molecule has 0 radical (unpaired) electrons. The molecule has 0 spiro atoms. The lowest BCUT2D eigenvalue weighted by Gasteiger charge is -2.23. The summed E-state index contributed by atoms with van der Waals surface area (Å²) in [7, 11) is 3.61. The molecule has 0 saturated carbocycles. The molecular weight excluding hydrogens is 236 g/mol. The fourth-order valence-electron chi connectivity index (χ4n) is 1.47. The molecule has 0 aliphatic rings. The fraction of sp³-hybridized carbons (Fsp3) is 0.545. The summed E-state index contributed by atoms with van der Waals surface area (Å²) in [6.45, 7) is 4.54. The second kappa shape index (κ2) is 5.88. The number of aromatic nitrogens is 2. The van der Waals surface area contributed by atoms with Gasteiger partial charge in [-0.25, -0.2) is 9.97 Å². The van der Waals surface area contributed by atoms with Gasteiger partial charge in [-0.15, -0.1) is 0 Å². The van der Waals surface area contributed by atoms with Crippen molar-refractivity contribution < 1.29 is 4.74 Å². The molecule has 94 valence electrons. The Hall–Kier alpha value is -1.27. The highest BCUT2D eigenvalue weighted by molar-refractivity contribution is 7.80. The molecule has 0 amide bonds. The fourth-order valence-corrected chi connectivity index (χ4v) is 1.61. The predicted molar refractivity (Wildman–Crippen MR) is 72.4 cm³/mol. The number of aryl methyl sites for hydroxylation is 1. The quantitative estimate of drug-likeness (QED) is 0.787. The van der Waals surface area contributed by atoms with Gasteiger partial charge in [-0.1, -0.05) is 12.2 Å². The van der Waals surface area contributed by atoms with E-state index in [1.807, 2.05) is 25.8 Å². The van der Waals surface area contributed by atoms with Crippen molar-refractivity contribution in [2.24, 2.45) is 5.73 Å². The van der Waals surface area contributed by atoms with E-state index >= 15 is 0 Å². The molecule has 1 aromatic heterocycles. The summed E-state index contributed by atoms with van der Waals surface area (Å²) in [5.41, 5.74) is 6.35. The van der Waals surface area contributed by atoms with Crippen LogP contribution in [0.4, 0.5) is 5.82 Å². The maximum atomic E-state index is 5.66. The summed E-state index contributed by atoms with van der Waals surface area (Å²) in [5, 5.41) is 0. The van der Waals surface area contributed by atoms with E-state index in [0.717, 1.165) is 5.82 Å². The number of likely N-dealkylation sites (N-methyl/N-ethyl adjacent to an activating group) is 1. The molecule has 0 bridgehead atoms. The zero-order chi connectivity index (χ0) is 13.0. The molecule has 1 atom stereocenters. The largest absolute Gasteiger partial charge is 0.389 e. The number of hydrogen-bond acceptors (Lipinski definition) is 5. The van der Waals surface area contributed by atoms with Crippen LogP contribution >= 0.6 is 12.2 Å². The minimum Gasteiger partial charge on any atom is -0.389 e. The van der Waals surface area contributed by atoms with Crippen molar-refractivity contribution in [2.75, 3.05) is 25.6 Å². The van der Waals surface area contributed by atoms with Gasteiger partial charge in [-0.2, -0.15) is 0 Å². The van der Waals surface area contributed by atoms with E-state index in [-0.39, 0.29) is 6.10 Å². The van der Waals surface area contributed by atoms with Crippen LogP contribution in [0.15, 0.2) is 6.20 Å². The number of thiocarbonyl (C=S) groups is 1. The minimum absolute atomic E-state index is 0.106. The van der Waals surface area contributed by atoms with Gasteiger partial charge in [-0.05, 0) is 13.8 Å². The molecule has 1 aromatic rings. The summed E-state index contributed by atoms with van der Waals surface area (Å²) in [6, 6.07) is 0. The number of hydrogen-bond donors (Lipinski definition) is 1. The third-order valence-electron chi connectivity index (χ3n) is 2.45. The highest BCUT2D eigenvalue weighted by Gasteiger charge is 2.14. The van der Waals surface area contributed by atoms with Gasteiger partial charge in [0.15, 0.2) is 0 Å². The lowest BCUT2D eigenvalue weighted by Crippen LogP contribution is -2.31. The van der Waals surface area contributed by atoms with Crippen LogP contribution in [0.3, 0.4) is 0 Å². The maximum Gasteiger partial charge on any atom is 0.142 e. The van der Waals surface area contributed by atoms with Crippen LogP contribution in [-0.4, -0.2) is 41.8 Å². The molecule has 0 aromatic carbocycles. The first-order chi connectivity index (χ1) is 7.95. The highest BCUT2D eigenvalue weighted by Crippen LogP contribution is 2.16. The normalized spacial score (nSPS) is 12.2. The van der Waals surface area contributed by atoms with Crippen molar-refractivity contribution in [1.82, 2.24) is 9.97 Å². The third kappa shape index (κ3) is 3.61. The van der Waals surface area contributed by atoms with Gasteiger partial charge < -0.3 is 15.4 Å². The molecular formula is C11H18N4OS. The Morgan fingerprint density at radius 2 is 2.29 bits per heavy atom. The summed E-state index contributed by atoms with van der Waals surface area (Å²) >= 11 is 4.99. The Bertz CT molecular complexity index is 410. The summed E-state index contributed by atoms with van der Waals surface area (Å²) in [6.07, 6.45) is 1.77. The molecule has 1 rings (SSSR count). The van der Waals surface area contributed by atoms with E-state index in [4.69, 9.17) is 22.7 Å². The first-order valence-corrected chi connectivity index (χ1v) is 5.74. The second-order valence-corrected chi connectivity index (χ2v) is 4.39. The number of rotatable bonds is 5. The molecule has 2 N–H and O–H groups in total. The average Bonchev–Trinajstić information content (AvgIpc) is 2.28. The van der Waals surface area contributed by atoms with Crippen LogP contribution < -0.4 is 10.6 Å². The van der Waals surface area contributed by atoms with Crippen molar-refractivity contribution in [3.05, 3.63) is 17.6 Å². The minimum atomic E-state index is 0.106. The van der Waals surface area contributed by atoms with E-state index < -0.39 is 0 Å². The van der Waals surface area contributed by atoms with Gasteiger partial charge in [0.25, 0.3) is 0 Å². The van der Waals surface area contributed by atoms with E-state index in [1.54, 1.807) is 13.3 Å². The molecule has 0 fully saturated rings. The molecule has 0 saturated heterocycles. The van der Waals surface area contributed by atoms with Crippen molar-refractivity contribution in [1.29, 1.82) is 0 Å². The maximum absolute atomic E-state index is 5.66. The van der Waals surface area contributed by atoms with Crippen LogP contribution in [-0.2, 0) is 4.74 Å². The Kier molecular flexibility index (Phi) is 4.77. The topological polar surface area (TPSA) is 64.3 Å². The number of anilines is 1. The molecule has 1 unspecified atom stereocenters. The van der Waals surface area contributed by atoms with Gasteiger partial charge in [-0.3, -0.25) is 0 Å². The van der Waals surface area contributed by atoms with Gasteiger partial charge in [0, 0.05) is 26.9 Å². The molecule has 6 heteroatoms. The van der Waals surface area contributed by atoms with Crippen molar-refractivity contribution in [3.8, 4) is 0 Å². The van der Waals surface area contributed by atoms with E-state index in [2.05, 4.69) is 9.97 Å². The Balaban J connectivity index is 3.02. The number of nitrogens with two attached hydrogens (primary N) is 1. The van der Waals surface area contributed by atoms with E-state index in [1.165, 1.54) is 0 Å². The molecule has 0 aliphatic carbocycles. The smallest absolute Gasteiger partial charge is 0.142 e. The number of methoxy groups -OCH3 is 1. The standard InChI is InChI=1S/C11H18N4OS/c1-7(16-4)6-15(3)11-9(10(12)17)5-13-8(2)14-11/h5,7H,6H2,1-4H3,(H2,12,17).